The van der Waals surface area contributed by atoms with Crippen LogP contribution >= 0.6 is 34.3 Å². The zero-order valence-corrected chi connectivity index (χ0v) is 17.6. The van der Waals surface area contributed by atoms with Crippen LogP contribution in [0.3, 0.4) is 0 Å². The van der Waals surface area contributed by atoms with E-state index in [9.17, 15) is 18.0 Å². The highest BCUT2D eigenvalue weighted by molar-refractivity contribution is 7.91. The molecule has 27 heavy (non-hydrogen) atoms. The van der Waals surface area contributed by atoms with E-state index in [0.29, 0.717) is 27.7 Å². The molecule has 2 aromatic rings. The molecule has 0 saturated carbocycles. The van der Waals surface area contributed by atoms with Crippen molar-refractivity contribution in [3.8, 4) is 0 Å². The van der Waals surface area contributed by atoms with Crippen LogP contribution in [0.25, 0.3) is 0 Å². The topological polar surface area (TPSA) is 95.6 Å². The van der Waals surface area contributed by atoms with Gasteiger partial charge in [0, 0.05) is 13.6 Å². The van der Waals surface area contributed by atoms with Crippen molar-refractivity contribution < 1.29 is 18.0 Å². The molecule has 1 aliphatic heterocycles. The van der Waals surface area contributed by atoms with Gasteiger partial charge in [0.1, 0.15) is 15.3 Å². The monoisotopic (exact) mass is 447 g/mol. The zero-order valence-electron chi connectivity index (χ0n) is 14.4. The summed E-state index contributed by atoms with van der Waals surface area (Å²) in [7, 11) is -2.31. The van der Waals surface area contributed by atoms with Crippen LogP contribution in [0.4, 0.5) is 5.00 Å². The SMILES string of the molecule is CNC(=O)c1ccsc1NC(=O)[C@@H]1CCCCN1S(=O)(=O)c1ccc(Cl)s1. The van der Waals surface area contributed by atoms with E-state index in [4.69, 9.17) is 11.6 Å². The van der Waals surface area contributed by atoms with E-state index in [1.54, 1.807) is 11.4 Å². The molecule has 0 bridgehead atoms. The number of hydrogen-bond donors (Lipinski definition) is 2. The second-order valence-electron chi connectivity index (χ2n) is 5.92. The molecule has 7 nitrogen and oxygen atoms in total. The van der Waals surface area contributed by atoms with Crippen molar-refractivity contribution >= 4 is 61.1 Å². The highest BCUT2D eigenvalue weighted by Crippen LogP contribution is 2.32. The molecule has 2 amide bonds. The average molecular weight is 448 g/mol. The number of hydrogen-bond acceptors (Lipinski definition) is 6. The molecule has 0 aliphatic carbocycles. The van der Waals surface area contributed by atoms with E-state index in [2.05, 4.69) is 10.6 Å². The van der Waals surface area contributed by atoms with Gasteiger partial charge in [0.15, 0.2) is 0 Å². The number of amides is 2. The Morgan fingerprint density at radius 3 is 2.70 bits per heavy atom. The minimum absolute atomic E-state index is 0.120. The summed E-state index contributed by atoms with van der Waals surface area (Å²) < 4.78 is 27.7. The molecule has 0 spiro atoms. The molecule has 1 fully saturated rings. The van der Waals surface area contributed by atoms with E-state index in [1.807, 2.05) is 0 Å². The predicted molar refractivity (Wildman–Crippen MR) is 107 cm³/mol. The Bertz CT molecular complexity index is 954. The first kappa shape index (κ1) is 20.3. The molecule has 3 rings (SSSR count). The third-order valence-electron chi connectivity index (χ3n) is 4.24. The fourth-order valence-corrected chi connectivity index (χ4v) is 6.98. The van der Waals surface area contributed by atoms with Gasteiger partial charge < -0.3 is 10.6 Å². The maximum absolute atomic E-state index is 13.0. The number of anilines is 1. The van der Waals surface area contributed by atoms with Gasteiger partial charge in [-0.05, 0) is 36.4 Å². The number of nitrogens with one attached hydrogen (secondary N) is 2. The lowest BCUT2D eigenvalue weighted by Crippen LogP contribution is -2.49. The van der Waals surface area contributed by atoms with Crippen molar-refractivity contribution in [2.45, 2.75) is 29.5 Å². The van der Waals surface area contributed by atoms with Crippen molar-refractivity contribution in [1.82, 2.24) is 9.62 Å². The molecule has 11 heteroatoms. The molecular formula is C16H18ClN3O4S3. The minimum atomic E-state index is -3.81. The van der Waals surface area contributed by atoms with Crippen LogP contribution < -0.4 is 10.6 Å². The first-order valence-electron chi connectivity index (χ1n) is 8.22. The summed E-state index contributed by atoms with van der Waals surface area (Å²) in [6.07, 6.45) is 1.86. The van der Waals surface area contributed by atoms with Crippen LogP contribution in [-0.2, 0) is 14.8 Å². The van der Waals surface area contributed by atoms with Crippen LogP contribution in [0.1, 0.15) is 29.6 Å². The Balaban J connectivity index is 1.84. The molecule has 1 atom stereocenters. The summed E-state index contributed by atoms with van der Waals surface area (Å²) in [5, 5.41) is 7.34. The Morgan fingerprint density at radius 2 is 2.04 bits per heavy atom. The Labute approximate surface area is 170 Å². The van der Waals surface area contributed by atoms with Gasteiger partial charge in [0.05, 0.1) is 9.90 Å². The molecule has 2 N–H and O–H groups in total. The maximum atomic E-state index is 13.0. The third kappa shape index (κ3) is 4.19. The maximum Gasteiger partial charge on any atom is 0.254 e. The van der Waals surface area contributed by atoms with E-state index in [0.717, 1.165) is 17.8 Å². The molecule has 0 radical (unpaired) electrons. The van der Waals surface area contributed by atoms with E-state index >= 15 is 0 Å². The van der Waals surface area contributed by atoms with Crippen molar-refractivity contribution in [2.75, 3.05) is 18.9 Å². The summed E-state index contributed by atoms with van der Waals surface area (Å²) in [6, 6.07) is 3.76. The Kier molecular flexibility index (Phi) is 6.21. The highest BCUT2D eigenvalue weighted by atomic mass is 35.5. The van der Waals surface area contributed by atoms with Crippen molar-refractivity contribution in [3.05, 3.63) is 33.5 Å². The number of thiophene rings is 2. The first-order chi connectivity index (χ1) is 12.8. The van der Waals surface area contributed by atoms with Crippen molar-refractivity contribution in [3.63, 3.8) is 0 Å². The van der Waals surface area contributed by atoms with Crippen LogP contribution in [0, 0.1) is 0 Å². The molecule has 0 aromatic carbocycles. The smallest absolute Gasteiger partial charge is 0.254 e. The Hall–Kier alpha value is -1.46. The number of sulfonamides is 1. The van der Waals surface area contributed by atoms with Gasteiger partial charge in [-0.2, -0.15) is 4.31 Å². The summed E-state index contributed by atoms with van der Waals surface area (Å²) >= 11 is 8.07. The van der Waals surface area contributed by atoms with Gasteiger partial charge in [-0.1, -0.05) is 18.0 Å². The standard InChI is InChI=1S/C16H18ClN3O4S3/c1-18-14(21)10-7-9-25-16(10)19-15(22)11-4-2-3-8-20(11)27(23,24)13-6-5-12(17)26-13/h5-7,9,11H,2-4,8H2,1H3,(H,18,21)(H,19,22)/t11-/m0/s1. The van der Waals surface area contributed by atoms with Crippen molar-refractivity contribution in [2.24, 2.45) is 0 Å². The minimum Gasteiger partial charge on any atom is -0.355 e. The lowest BCUT2D eigenvalue weighted by Gasteiger charge is -2.33. The van der Waals surface area contributed by atoms with Gasteiger partial charge in [-0.25, -0.2) is 8.42 Å². The molecule has 0 unspecified atom stereocenters. The molecule has 1 aliphatic rings. The lowest BCUT2D eigenvalue weighted by atomic mass is 10.0. The number of rotatable bonds is 5. The van der Waals surface area contributed by atoms with E-state index in [-0.39, 0.29) is 16.7 Å². The molecule has 3 heterocycles. The molecular weight excluding hydrogens is 430 g/mol. The van der Waals surface area contributed by atoms with Gasteiger partial charge in [0.25, 0.3) is 15.9 Å². The second kappa shape index (κ2) is 8.27. The van der Waals surface area contributed by atoms with Gasteiger partial charge in [-0.15, -0.1) is 22.7 Å². The molecule has 2 aromatic heterocycles. The van der Waals surface area contributed by atoms with E-state index in [1.165, 1.54) is 34.8 Å². The number of carbonyl (C=O) groups is 2. The number of piperidine rings is 1. The van der Waals surface area contributed by atoms with Crippen LogP contribution in [0.15, 0.2) is 27.8 Å². The largest absolute Gasteiger partial charge is 0.355 e. The predicted octanol–water partition coefficient (Wildman–Crippen LogP) is 3.00. The van der Waals surface area contributed by atoms with Crippen molar-refractivity contribution in [1.29, 1.82) is 0 Å². The van der Waals surface area contributed by atoms with Crippen LogP contribution in [0.2, 0.25) is 4.34 Å². The van der Waals surface area contributed by atoms with Gasteiger partial charge >= 0.3 is 0 Å². The third-order valence-corrected chi connectivity index (χ3v) is 8.68. The summed E-state index contributed by atoms with van der Waals surface area (Å²) in [5.74, 6) is -0.749. The van der Waals surface area contributed by atoms with Gasteiger partial charge in [0.2, 0.25) is 5.91 Å². The normalized spacial score (nSPS) is 18.2. The number of halogens is 1. The van der Waals surface area contributed by atoms with Crippen LogP contribution in [-0.4, -0.2) is 44.2 Å². The average Bonchev–Trinajstić information content (AvgIpc) is 3.30. The molecule has 146 valence electrons. The summed E-state index contributed by atoms with van der Waals surface area (Å²) in [5.41, 5.74) is 0.353. The quantitative estimate of drug-likeness (QED) is 0.736. The van der Waals surface area contributed by atoms with Gasteiger partial charge in [-0.3, -0.25) is 9.59 Å². The summed E-state index contributed by atoms with van der Waals surface area (Å²) in [6.45, 7) is 0.267. The number of carbonyl (C=O) groups excluding carboxylic acids is 2. The second-order valence-corrected chi connectivity index (χ2v) is 10.7. The fourth-order valence-electron chi connectivity index (χ4n) is 2.92. The fraction of sp³-hybridized carbons (Fsp3) is 0.375. The number of nitrogens with zero attached hydrogens (tertiary/aromatic N) is 1. The molecule has 1 saturated heterocycles. The first-order valence-corrected chi connectivity index (χ1v) is 11.7. The van der Waals surface area contributed by atoms with E-state index < -0.39 is 22.0 Å². The Morgan fingerprint density at radius 1 is 1.26 bits per heavy atom. The lowest BCUT2D eigenvalue weighted by molar-refractivity contribution is -0.120. The zero-order chi connectivity index (χ0) is 19.6. The van der Waals surface area contributed by atoms with Crippen LogP contribution in [0.5, 0.6) is 0 Å². The highest BCUT2D eigenvalue weighted by Gasteiger charge is 2.38. The summed E-state index contributed by atoms with van der Waals surface area (Å²) in [4.78, 5) is 24.7.